The van der Waals surface area contributed by atoms with Gasteiger partial charge in [0.1, 0.15) is 11.5 Å². The highest BCUT2D eigenvalue weighted by atomic mass is 19.1. The topological polar surface area (TPSA) is 58.1 Å². The van der Waals surface area contributed by atoms with Gasteiger partial charge in [0.25, 0.3) is 5.91 Å². The second-order valence-corrected chi connectivity index (χ2v) is 6.72. The minimum Gasteiger partial charge on any atom is -0.350 e. The molecule has 2 aromatic rings. The number of anilines is 1. The molecule has 1 N–H and O–H groups in total. The Kier molecular flexibility index (Phi) is 5.81. The first-order chi connectivity index (χ1) is 12.6. The first-order valence-corrected chi connectivity index (χ1v) is 9.22. The number of halogens is 1. The lowest BCUT2D eigenvalue weighted by atomic mass is 9.99. The van der Waals surface area contributed by atoms with Crippen molar-refractivity contribution < 1.29 is 9.18 Å². The molecule has 5 nitrogen and oxygen atoms in total. The molecule has 0 radical (unpaired) electrons. The molecule has 3 rings (SSSR count). The van der Waals surface area contributed by atoms with E-state index in [1.54, 1.807) is 24.3 Å². The zero-order valence-corrected chi connectivity index (χ0v) is 15.3. The van der Waals surface area contributed by atoms with Gasteiger partial charge in [0.15, 0.2) is 0 Å². The first-order valence-electron chi connectivity index (χ1n) is 9.22. The van der Waals surface area contributed by atoms with Crippen LogP contribution in [0.15, 0.2) is 30.3 Å². The van der Waals surface area contributed by atoms with Crippen LogP contribution in [0.5, 0.6) is 0 Å². The SMILES string of the molecule is CCC1CCCCN1C(=O)c1cc(C)nc(NCc2ccccc2F)n1. The fourth-order valence-electron chi connectivity index (χ4n) is 3.41. The summed E-state index contributed by atoms with van der Waals surface area (Å²) in [6.07, 6.45) is 4.20. The van der Waals surface area contributed by atoms with E-state index in [0.717, 1.165) is 25.8 Å². The number of aryl methyl sites for hydroxylation is 1. The third-order valence-corrected chi connectivity index (χ3v) is 4.83. The molecule has 6 heteroatoms. The summed E-state index contributed by atoms with van der Waals surface area (Å²) in [5.74, 6) is 0.0284. The largest absolute Gasteiger partial charge is 0.350 e. The van der Waals surface area contributed by atoms with Gasteiger partial charge in [-0.2, -0.15) is 0 Å². The number of benzene rings is 1. The second kappa shape index (κ2) is 8.25. The number of amides is 1. The highest BCUT2D eigenvalue weighted by Crippen LogP contribution is 2.22. The molecule has 1 aromatic heterocycles. The van der Waals surface area contributed by atoms with Crippen LogP contribution in [0.25, 0.3) is 0 Å². The predicted octanol–water partition coefficient (Wildman–Crippen LogP) is 3.94. The summed E-state index contributed by atoms with van der Waals surface area (Å²) in [4.78, 5) is 23.6. The third-order valence-electron chi connectivity index (χ3n) is 4.83. The summed E-state index contributed by atoms with van der Waals surface area (Å²) < 4.78 is 13.8. The van der Waals surface area contributed by atoms with Gasteiger partial charge >= 0.3 is 0 Å². The Morgan fingerprint density at radius 3 is 2.88 bits per heavy atom. The average molecular weight is 356 g/mol. The van der Waals surface area contributed by atoms with Crippen molar-refractivity contribution in [1.82, 2.24) is 14.9 Å². The highest BCUT2D eigenvalue weighted by Gasteiger charge is 2.27. The van der Waals surface area contributed by atoms with E-state index in [-0.39, 0.29) is 24.3 Å². The lowest BCUT2D eigenvalue weighted by molar-refractivity contribution is 0.0601. The van der Waals surface area contributed by atoms with E-state index < -0.39 is 0 Å². The Bertz CT molecular complexity index is 780. The van der Waals surface area contributed by atoms with E-state index in [1.807, 2.05) is 11.8 Å². The van der Waals surface area contributed by atoms with E-state index in [1.165, 1.54) is 12.5 Å². The molecule has 138 valence electrons. The zero-order chi connectivity index (χ0) is 18.5. The molecular weight excluding hydrogens is 331 g/mol. The Labute approximate surface area is 153 Å². The van der Waals surface area contributed by atoms with E-state index >= 15 is 0 Å². The standard InChI is InChI=1S/C20H25FN4O/c1-3-16-9-6-7-11-25(16)19(26)18-12-14(2)23-20(24-18)22-13-15-8-4-5-10-17(15)21/h4-5,8,10,12,16H,3,6-7,9,11,13H2,1-2H3,(H,22,23,24). The molecule has 1 atom stereocenters. The van der Waals surface area contributed by atoms with E-state index in [4.69, 9.17) is 0 Å². The maximum absolute atomic E-state index is 13.8. The number of hydrogen-bond acceptors (Lipinski definition) is 4. The van der Waals surface area contributed by atoms with Gasteiger partial charge in [-0.1, -0.05) is 25.1 Å². The summed E-state index contributed by atoms with van der Waals surface area (Å²) in [6, 6.07) is 8.57. The summed E-state index contributed by atoms with van der Waals surface area (Å²) in [6.45, 7) is 4.99. The monoisotopic (exact) mass is 356 g/mol. The van der Waals surface area contributed by atoms with Gasteiger partial charge in [0.2, 0.25) is 5.95 Å². The van der Waals surface area contributed by atoms with Gasteiger partial charge in [0, 0.05) is 30.4 Å². The lowest BCUT2D eigenvalue weighted by Crippen LogP contribution is -2.43. The van der Waals surface area contributed by atoms with Gasteiger partial charge < -0.3 is 10.2 Å². The molecule has 0 spiro atoms. The maximum Gasteiger partial charge on any atom is 0.272 e. The minimum atomic E-state index is -0.275. The molecule has 1 aliphatic rings. The van der Waals surface area contributed by atoms with Crippen LogP contribution in [0.2, 0.25) is 0 Å². The van der Waals surface area contributed by atoms with Crippen LogP contribution in [0, 0.1) is 12.7 Å². The van der Waals surface area contributed by atoms with Crippen molar-refractivity contribution in [2.24, 2.45) is 0 Å². The quantitative estimate of drug-likeness (QED) is 0.881. The van der Waals surface area contributed by atoms with Crippen molar-refractivity contribution in [3.63, 3.8) is 0 Å². The zero-order valence-electron chi connectivity index (χ0n) is 15.3. The van der Waals surface area contributed by atoms with Crippen LogP contribution in [-0.2, 0) is 6.54 Å². The molecule has 1 aliphatic heterocycles. The van der Waals surface area contributed by atoms with Crippen LogP contribution >= 0.6 is 0 Å². The molecule has 0 bridgehead atoms. The third kappa shape index (κ3) is 4.18. The van der Waals surface area contributed by atoms with Gasteiger partial charge in [-0.25, -0.2) is 14.4 Å². The molecule has 1 aromatic carbocycles. The normalized spacial score (nSPS) is 17.2. The highest BCUT2D eigenvalue weighted by molar-refractivity contribution is 5.93. The first kappa shape index (κ1) is 18.3. The number of nitrogens with zero attached hydrogens (tertiary/aromatic N) is 3. The molecule has 26 heavy (non-hydrogen) atoms. The molecular formula is C20H25FN4O. The van der Waals surface area contributed by atoms with Crippen LogP contribution in [0.1, 0.15) is 54.4 Å². The number of carbonyl (C=O) groups is 1. The van der Waals surface area contributed by atoms with Crippen molar-refractivity contribution in [1.29, 1.82) is 0 Å². The van der Waals surface area contributed by atoms with Crippen LogP contribution in [0.4, 0.5) is 10.3 Å². The van der Waals surface area contributed by atoms with Crippen molar-refractivity contribution >= 4 is 11.9 Å². The van der Waals surface area contributed by atoms with Gasteiger partial charge in [-0.15, -0.1) is 0 Å². The van der Waals surface area contributed by atoms with E-state index in [2.05, 4.69) is 22.2 Å². The van der Waals surface area contributed by atoms with Gasteiger partial charge in [-0.3, -0.25) is 4.79 Å². The Morgan fingerprint density at radius 1 is 1.31 bits per heavy atom. The van der Waals surface area contributed by atoms with Crippen molar-refractivity contribution in [2.45, 2.75) is 52.1 Å². The molecule has 0 aliphatic carbocycles. The fraction of sp³-hybridized carbons (Fsp3) is 0.450. The van der Waals surface area contributed by atoms with Gasteiger partial charge in [-0.05, 0) is 44.7 Å². The van der Waals surface area contributed by atoms with Crippen molar-refractivity contribution in [3.05, 3.63) is 53.1 Å². The molecule has 1 saturated heterocycles. The van der Waals surface area contributed by atoms with E-state index in [0.29, 0.717) is 22.9 Å². The molecule has 0 saturated carbocycles. The number of aromatic nitrogens is 2. The van der Waals surface area contributed by atoms with Crippen LogP contribution in [0.3, 0.4) is 0 Å². The number of carbonyl (C=O) groups excluding carboxylic acids is 1. The van der Waals surface area contributed by atoms with Crippen LogP contribution in [-0.4, -0.2) is 33.4 Å². The van der Waals surface area contributed by atoms with E-state index in [9.17, 15) is 9.18 Å². The number of likely N-dealkylation sites (tertiary alicyclic amines) is 1. The second-order valence-electron chi connectivity index (χ2n) is 6.72. The maximum atomic E-state index is 13.8. The number of rotatable bonds is 5. The number of nitrogens with one attached hydrogen (secondary N) is 1. The average Bonchev–Trinajstić information content (AvgIpc) is 2.66. The fourth-order valence-corrected chi connectivity index (χ4v) is 3.41. The van der Waals surface area contributed by atoms with Crippen molar-refractivity contribution in [3.8, 4) is 0 Å². The molecule has 2 heterocycles. The molecule has 1 unspecified atom stereocenters. The summed E-state index contributed by atoms with van der Waals surface area (Å²) in [5.41, 5.74) is 1.64. The Hall–Kier alpha value is -2.50. The Morgan fingerprint density at radius 2 is 2.12 bits per heavy atom. The molecule has 1 amide bonds. The minimum absolute atomic E-state index is 0.0454. The van der Waals surface area contributed by atoms with Crippen LogP contribution < -0.4 is 5.32 Å². The molecule has 1 fully saturated rings. The van der Waals surface area contributed by atoms with Gasteiger partial charge in [0.05, 0.1) is 0 Å². The summed E-state index contributed by atoms with van der Waals surface area (Å²) >= 11 is 0. The number of piperidine rings is 1. The summed E-state index contributed by atoms with van der Waals surface area (Å²) in [7, 11) is 0. The summed E-state index contributed by atoms with van der Waals surface area (Å²) in [5, 5.41) is 3.03. The smallest absolute Gasteiger partial charge is 0.272 e. The predicted molar refractivity (Wildman–Crippen MR) is 99.5 cm³/mol. The lowest BCUT2D eigenvalue weighted by Gasteiger charge is -2.35. The van der Waals surface area contributed by atoms with Crippen molar-refractivity contribution in [2.75, 3.05) is 11.9 Å². The number of hydrogen-bond donors (Lipinski definition) is 1. The Balaban J connectivity index is 1.76.